The van der Waals surface area contributed by atoms with E-state index in [-0.39, 0.29) is 16.0 Å². The van der Waals surface area contributed by atoms with Crippen molar-refractivity contribution in [2.75, 3.05) is 11.1 Å². The van der Waals surface area contributed by atoms with Crippen molar-refractivity contribution in [1.29, 1.82) is 0 Å². The molecule has 1 aromatic heterocycles. The second kappa shape index (κ2) is 5.48. The van der Waals surface area contributed by atoms with Crippen LogP contribution in [0.1, 0.15) is 12.7 Å². The first-order valence-corrected chi connectivity index (χ1v) is 6.34. The quantitative estimate of drug-likeness (QED) is 0.847. The zero-order valence-electron chi connectivity index (χ0n) is 10.0. The maximum atomic E-state index is 13.6. The van der Waals surface area contributed by atoms with Crippen LogP contribution in [-0.4, -0.2) is 9.97 Å². The van der Waals surface area contributed by atoms with Gasteiger partial charge in [-0.3, -0.25) is 0 Å². The lowest BCUT2D eigenvalue weighted by Crippen LogP contribution is -2.04. The van der Waals surface area contributed by atoms with Crippen molar-refractivity contribution in [3.63, 3.8) is 0 Å². The first-order valence-electron chi connectivity index (χ1n) is 5.54. The summed E-state index contributed by atoms with van der Waals surface area (Å²) < 4.78 is 26.9. The van der Waals surface area contributed by atoms with E-state index in [0.717, 1.165) is 6.07 Å². The smallest absolute Gasteiger partial charge is 0.149 e. The minimum atomic E-state index is -0.712. The molecule has 4 nitrogen and oxygen atoms in total. The number of benzene rings is 1. The molecule has 0 saturated heterocycles. The monoisotopic (exact) mass is 328 g/mol. The van der Waals surface area contributed by atoms with Crippen LogP contribution in [0.15, 0.2) is 22.7 Å². The third-order valence-corrected chi connectivity index (χ3v) is 2.99. The van der Waals surface area contributed by atoms with Crippen molar-refractivity contribution in [1.82, 2.24) is 9.97 Å². The standard InChI is InChI=1S/C12H11BrF2N4/c1-2-11-18-10(16)5-12(19-11)17-9-3-6(13)7(14)4-8(9)15/h3-5H,2H2,1H3,(H3,16,17,18,19). The second-order valence-corrected chi connectivity index (χ2v) is 4.67. The largest absolute Gasteiger partial charge is 0.384 e. The average molecular weight is 329 g/mol. The molecule has 0 aliphatic rings. The van der Waals surface area contributed by atoms with Gasteiger partial charge in [-0.1, -0.05) is 6.92 Å². The highest BCUT2D eigenvalue weighted by Gasteiger charge is 2.10. The Balaban J connectivity index is 2.36. The van der Waals surface area contributed by atoms with Gasteiger partial charge in [0, 0.05) is 18.6 Å². The van der Waals surface area contributed by atoms with Crippen LogP contribution in [0.3, 0.4) is 0 Å². The normalized spacial score (nSPS) is 10.5. The number of nitrogens with zero attached hydrogens (tertiary/aromatic N) is 2. The molecule has 0 unspecified atom stereocenters. The van der Waals surface area contributed by atoms with Crippen LogP contribution in [-0.2, 0) is 6.42 Å². The van der Waals surface area contributed by atoms with Crippen LogP contribution < -0.4 is 11.1 Å². The molecule has 0 bridgehead atoms. The Bertz CT molecular complexity index is 619. The second-order valence-electron chi connectivity index (χ2n) is 3.82. The van der Waals surface area contributed by atoms with Gasteiger partial charge in [0.25, 0.3) is 0 Å². The lowest BCUT2D eigenvalue weighted by atomic mass is 10.3. The zero-order chi connectivity index (χ0) is 14.0. The molecule has 2 aromatic rings. The molecule has 7 heteroatoms. The molecule has 0 saturated carbocycles. The molecule has 0 radical (unpaired) electrons. The van der Waals surface area contributed by atoms with E-state index in [4.69, 9.17) is 5.73 Å². The summed E-state index contributed by atoms with van der Waals surface area (Å²) in [7, 11) is 0. The van der Waals surface area contributed by atoms with Crippen LogP contribution in [0.2, 0.25) is 0 Å². The van der Waals surface area contributed by atoms with Crippen LogP contribution in [0.25, 0.3) is 0 Å². The molecule has 0 spiro atoms. The number of aromatic nitrogens is 2. The minimum absolute atomic E-state index is 0.105. The van der Waals surface area contributed by atoms with E-state index in [9.17, 15) is 8.78 Å². The summed E-state index contributed by atoms with van der Waals surface area (Å²) in [5, 5.41) is 2.75. The molecule has 0 aliphatic carbocycles. The molecule has 19 heavy (non-hydrogen) atoms. The number of rotatable bonds is 3. The summed E-state index contributed by atoms with van der Waals surface area (Å²) in [6.07, 6.45) is 0.606. The highest BCUT2D eigenvalue weighted by atomic mass is 79.9. The Morgan fingerprint density at radius 1 is 1.21 bits per heavy atom. The molecule has 1 aromatic carbocycles. The Morgan fingerprint density at radius 3 is 2.63 bits per heavy atom. The van der Waals surface area contributed by atoms with E-state index in [1.165, 1.54) is 12.1 Å². The van der Waals surface area contributed by atoms with Crippen LogP contribution in [0.5, 0.6) is 0 Å². The van der Waals surface area contributed by atoms with Gasteiger partial charge in [-0.25, -0.2) is 18.7 Å². The Hall–Kier alpha value is -1.76. The minimum Gasteiger partial charge on any atom is -0.384 e. The average Bonchev–Trinajstić information content (AvgIpc) is 2.35. The summed E-state index contributed by atoms with van der Waals surface area (Å²) in [4.78, 5) is 8.17. The molecule has 100 valence electrons. The maximum absolute atomic E-state index is 13.6. The summed E-state index contributed by atoms with van der Waals surface area (Å²) in [6, 6.07) is 3.57. The predicted octanol–water partition coefficient (Wildman–Crippen LogP) is 3.41. The number of aryl methyl sites for hydroxylation is 1. The third kappa shape index (κ3) is 3.17. The van der Waals surface area contributed by atoms with E-state index in [0.29, 0.717) is 18.1 Å². The van der Waals surface area contributed by atoms with E-state index < -0.39 is 11.6 Å². The molecule has 0 aliphatic heterocycles. The fourth-order valence-corrected chi connectivity index (χ4v) is 1.84. The molecule has 0 fully saturated rings. The number of halogens is 3. The Morgan fingerprint density at radius 2 is 1.95 bits per heavy atom. The van der Waals surface area contributed by atoms with Gasteiger partial charge in [-0.15, -0.1) is 0 Å². The fraction of sp³-hybridized carbons (Fsp3) is 0.167. The van der Waals surface area contributed by atoms with Gasteiger partial charge in [0.1, 0.15) is 29.1 Å². The van der Waals surface area contributed by atoms with E-state index in [1.807, 2.05) is 6.92 Å². The first kappa shape index (κ1) is 13.7. The molecular weight excluding hydrogens is 318 g/mol. The topological polar surface area (TPSA) is 63.8 Å². The third-order valence-electron chi connectivity index (χ3n) is 2.38. The maximum Gasteiger partial charge on any atom is 0.149 e. The highest BCUT2D eigenvalue weighted by molar-refractivity contribution is 9.10. The number of nitrogens with one attached hydrogen (secondary N) is 1. The zero-order valence-corrected chi connectivity index (χ0v) is 11.6. The van der Waals surface area contributed by atoms with E-state index in [1.54, 1.807) is 0 Å². The van der Waals surface area contributed by atoms with Crippen molar-refractivity contribution in [3.8, 4) is 0 Å². The van der Waals surface area contributed by atoms with E-state index >= 15 is 0 Å². The van der Waals surface area contributed by atoms with Gasteiger partial charge < -0.3 is 11.1 Å². The molecule has 3 N–H and O–H groups in total. The van der Waals surface area contributed by atoms with Gasteiger partial charge in [-0.05, 0) is 22.0 Å². The van der Waals surface area contributed by atoms with Crippen molar-refractivity contribution in [2.24, 2.45) is 0 Å². The number of anilines is 3. The lowest BCUT2D eigenvalue weighted by molar-refractivity contribution is 0.581. The molecule has 0 amide bonds. The highest BCUT2D eigenvalue weighted by Crippen LogP contribution is 2.26. The summed E-state index contributed by atoms with van der Waals surface area (Å²) in [6.45, 7) is 1.88. The number of nitrogen functional groups attached to an aromatic ring is 1. The number of hydrogen-bond acceptors (Lipinski definition) is 4. The Labute approximate surface area is 117 Å². The molecule has 0 atom stereocenters. The van der Waals surface area contributed by atoms with Crippen LogP contribution >= 0.6 is 15.9 Å². The fourth-order valence-electron chi connectivity index (χ4n) is 1.50. The van der Waals surface area contributed by atoms with Crippen molar-refractivity contribution >= 4 is 33.3 Å². The van der Waals surface area contributed by atoms with Gasteiger partial charge in [-0.2, -0.15) is 0 Å². The van der Waals surface area contributed by atoms with Crippen LogP contribution in [0.4, 0.5) is 26.1 Å². The molecule has 2 rings (SSSR count). The number of hydrogen-bond donors (Lipinski definition) is 2. The molecular formula is C12H11BrF2N4. The van der Waals surface area contributed by atoms with Gasteiger partial charge in [0.05, 0.1) is 10.2 Å². The lowest BCUT2D eigenvalue weighted by Gasteiger charge is -2.09. The van der Waals surface area contributed by atoms with Gasteiger partial charge in [0.2, 0.25) is 0 Å². The van der Waals surface area contributed by atoms with E-state index in [2.05, 4.69) is 31.2 Å². The molecule has 1 heterocycles. The predicted molar refractivity (Wildman–Crippen MR) is 73.2 cm³/mol. The van der Waals surface area contributed by atoms with Crippen molar-refractivity contribution in [3.05, 3.63) is 40.1 Å². The van der Waals surface area contributed by atoms with Gasteiger partial charge >= 0.3 is 0 Å². The van der Waals surface area contributed by atoms with Crippen molar-refractivity contribution in [2.45, 2.75) is 13.3 Å². The summed E-state index contributed by atoms with van der Waals surface area (Å²) >= 11 is 3.00. The van der Waals surface area contributed by atoms with Gasteiger partial charge in [0.15, 0.2) is 0 Å². The first-order chi connectivity index (χ1) is 8.99. The van der Waals surface area contributed by atoms with Crippen molar-refractivity contribution < 1.29 is 8.78 Å². The SMILES string of the molecule is CCc1nc(N)cc(Nc2cc(Br)c(F)cc2F)n1. The summed E-state index contributed by atoms with van der Waals surface area (Å²) in [5.41, 5.74) is 5.73. The number of nitrogens with two attached hydrogens (primary N) is 1. The summed E-state index contributed by atoms with van der Waals surface area (Å²) in [5.74, 6) is -0.183. The van der Waals surface area contributed by atoms with Crippen LogP contribution in [0, 0.1) is 11.6 Å². The Kier molecular flexibility index (Phi) is 3.94.